The molecule has 0 atom stereocenters. The van der Waals surface area contributed by atoms with Crippen molar-refractivity contribution in [3.05, 3.63) is 64.2 Å². The van der Waals surface area contributed by atoms with Gasteiger partial charge in [-0.05, 0) is 30.5 Å². The average Bonchev–Trinajstić information content (AvgIpc) is 3.06. The number of carbonyl (C=O) groups excluding carboxylic acids is 1. The van der Waals surface area contributed by atoms with Gasteiger partial charge in [0.1, 0.15) is 5.82 Å². The highest BCUT2D eigenvalue weighted by Crippen LogP contribution is 2.17. The van der Waals surface area contributed by atoms with Crippen molar-refractivity contribution < 1.29 is 4.79 Å². The number of hydrogen-bond acceptors (Lipinski definition) is 5. The van der Waals surface area contributed by atoms with Gasteiger partial charge in [0.05, 0.1) is 17.5 Å². The van der Waals surface area contributed by atoms with E-state index in [2.05, 4.69) is 20.3 Å². The van der Waals surface area contributed by atoms with Crippen LogP contribution in [0.2, 0.25) is 0 Å². The van der Waals surface area contributed by atoms with Gasteiger partial charge >= 0.3 is 0 Å². The number of rotatable bonds is 5. The molecule has 0 radical (unpaired) electrons. The lowest BCUT2D eigenvalue weighted by Gasteiger charge is -2.21. The Labute approximate surface area is 175 Å². The van der Waals surface area contributed by atoms with E-state index in [0.29, 0.717) is 17.6 Å². The summed E-state index contributed by atoms with van der Waals surface area (Å²) >= 11 is 0. The first kappa shape index (κ1) is 20.1. The predicted molar refractivity (Wildman–Crippen MR) is 117 cm³/mol. The molecule has 1 saturated heterocycles. The quantitative estimate of drug-likeness (QED) is 0.706. The molecule has 0 aliphatic carbocycles. The highest BCUT2D eigenvalue weighted by atomic mass is 16.1. The van der Waals surface area contributed by atoms with Crippen LogP contribution in [0.4, 0.5) is 5.82 Å². The normalized spacial score (nSPS) is 14.5. The molecule has 0 bridgehead atoms. The Morgan fingerprint density at radius 1 is 1.03 bits per heavy atom. The fraction of sp³-hybridized carbons (Fsp3) is 0.391. The molecule has 1 N–H and O–H groups in total. The third-order valence-electron chi connectivity index (χ3n) is 5.59. The molecule has 4 rings (SSSR count). The molecule has 0 unspecified atom stereocenters. The molecule has 1 fully saturated rings. The summed E-state index contributed by atoms with van der Waals surface area (Å²) in [6.07, 6.45) is 6.97. The summed E-state index contributed by atoms with van der Waals surface area (Å²) in [4.78, 5) is 31.7. The molecule has 7 nitrogen and oxygen atoms in total. The van der Waals surface area contributed by atoms with Crippen LogP contribution in [0.25, 0.3) is 10.8 Å². The van der Waals surface area contributed by atoms with E-state index in [0.717, 1.165) is 29.9 Å². The first-order valence-corrected chi connectivity index (χ1v) is 10.5. The zero-order valence-corrected chi connectivity index (χ0v) is 17.3. The van der Waals surface area contributed by atoms with Crippen LogP contribution in [0.15, 0.2) is 47.4 Å². The van der Waals surface area contributed by atoms with Crippen molar-refractivity contribution in [2.45, 2.75) is 38.6 Å². The molecule has 1 aliphatic heterocycles. The number of fused-ring (bicyclic) bond motifs is 1. The molecular weight excluding hydrogens is 378 g/mol. The molecule has 1 aliphatic rings. The van der Waals surface area contributed by atoms with Gasteiger partial charge in [-0.2, -0.15) is 5.10 Å². The third-order valence-corrected chi connectivity index (χ3v) is 5.59. The number of hydrogen-bond donors (Lipinski definition) is 1. The van der Waals surface area contributed by atoms with E-state index in [1.807, 2.05) is 36.5 Å². The molecule has 3 heterocycles. The van der Waals surface area contributed by atoms with Gasteiger partial charge in [0.15, 0.2) is 0 Å². The van der Waals surface area contributed by atoms with E-state index in [1.54, 1.807) is 13.1 Å². The van der Waals surface area contributed by atoms with Crippen molar-refractivity contribution in [1.82, 2.24) is 20.1 Å². The Morgan fingerprint density at radius 3 is 2.47 bits per heavy atom. The van der Waals surface area contributed by atoms with E-state index in [4.69, 9.17) is 0 Å². The minimum absolute atomic E-state index is 0.119. The molecule has 156 valence electrons. The van der Waals surface area contributed by atoms with Gasteiger partial charge in [-0.3, -0.25) is 9.59 Å². The van der Waals surface area contributed by atoms with Crippen LogP contribution in [0, 0.1) is 0 Å². The van der Waals surface area contributed by atoms with Crippen LogP contribution >= 0.6 is 0 Å². The number of pyridine rings is 1. The number of anilines is 1. The number of nitrogens with one attached hydrogen (secondary N) is 1. The van der Waals surface area contributed by atoms with Gasteiger partial charge < -0.3 is 10.2 Å². The molecule has 3 aromatic rings. The minimum Gasteiger partial charge on any atom is -0.357 e. The van der Waals surface area contributed by atoms with Crippen molar-refractivity contribution >= 4 is 22.5 Å². The Balaban J connectivity index is 1.39. The lowest BCUT2D eigenvalue weighted by Crippen LogP contribution is -2.28. The molecule has 30 heavy (non-hydrogen) atoms. The summed E-state index contributed by atoms with van der Waals surface area (Å²) in [5.41, 5.74) is 1.39. The molecule has 1 amide bonds. The topological polar surface area (TPSA) is 80.1 Å². The van der Waals surface area contributed by atoms with Gasteiger partial charge in [-0.15, -0.1) is 0 Å². The average molecular weight is 406 g/mol. The van der Waals surface area contributed by atoms with E-state index in [-0.39, 0.29) is 17.9 Å². The fourth-order valence-electron chi connectivity index (χ4n) is 3.93. The number of benzene rings is 1. The van der Waals surface area contributed by atoms with E-state index in [1.165, 1.54) is 30.4 Å². The summed E-state index contributed by atoms with van der Waals surface area (Å²) in [6, 6.07) is 11.3. The Hall–Kier alpha value is -3.22. The fourth-order valence-corrected chi connectivity index (χ4v) is 3.93. The maximum atomic E-state index is 12.5. The monoisotopic (exact) mass is 405 g/mol. The smallest absolute Gasteiger partial charge is 0.274 e. The van der Waals surface area contributed by atoms with Crippen LogP contribution in [0.1, 0.15) is 36.9 Å². The van der Waals surface area contributed by atoms with Crippen molar-refractivity contribution in [2.75, 3.05) is 18.0 Å². The predicted octanol–water partition coefficient (Wildman–Crippen LogP) is 2.57. The van der Waals surface area contributed by atoms with Gasteiger partial charge in [-0.25, -0.2) is 9.67 Å². The number of nitrogens with zero attached hydrogens (tertiary/aromatic N) is 4. The second-order valence-electron chi connectivity index (χ2n) is 7.80. The lowest BCUT2D eigenvalue weighted by molar-refractivity contribution is -0.120. The maximum Gasteiger partial charge on any atom is 0.274 e. The standard InChI is InChI=1S/C23H27N5O2/c1-27-23(30)19-9-5-4-8-18(19)20(26-27)14-22(29)25-16-17-10-11-21(24-15-17)28-12-6-2-3-7-13-28/h4-5,8-11,15H,2-3,6-7,12-14,16H2,1H3,(H,25,29). The maximum absolute atomic E-state index is 12.5. The van der Waals surface area contributed by atoms with E-state index < -0.39 is 0 Å². The van der Waals surface area contributed by atoms with Gasteiger partial charge in [0.2, 0.25) is 5.91 Å². The molecule has 0 saturated carbocycles. The number of amides is 1. The molecule has 0 spiro atoms. The van der Waals surface area contributed by atoms with E-state index in [9.17, 15) is 9.59 Å². The second kappa shape index (κ2) is 9.07. The summed E-state index contributed by atoms with van der Waals surface area (Å²) < 4.78 is 1.29. The van der Waals surface area contributed by atoms with Crippen LogP contribution in [-0.4, -0.2) is 33.8 Å². The first-order chi connectivity index (χ1) is 14.6. The van der Waals surface area contributed by atoms with Crippen molar-refractivity contribution in [3.63, 3.8) is 0 Å². The molecule has 1 aromatic carbocycles. The number of aryl methyl sites for hydroxylation is 1. The van der Waals surface area contributed by atoms with Crippen LogP contribution in [-0.2, 0) is 24.8 Å². The highest BCUT2D eigenvalue weighted by molar-refractivity contribution is 5.88. The van der Waals surface area contributed by atoms with Crippen LogP contribution in [0.5, 0.6) is 0 Å². The second-order valence-corrected chi connectivity index (χ2v) is 7.80. The summed E-state index contributed by atoms with van der Waals surface area (Å²) in [7, 11) is 1.60. The molecule has 7 heteroatoms. The summed E-state index contributed by atoms with van der Waals surface area (Å²) in [5.74, 6) is 0.871. The summed E-state index contributed by atoms with van der Waals surface area (Å²) in [5, 5.41) is 8.52. The zero-order chi connectivity index (χ0) is 20.9. The Kier molecular flexibility index (Phi) is 6.07. The van der Waals surface area contributed by atoms with Gasteiger partial charge in [0, 0.05) is 38.3 Å². The van der Waals surface area contributed by atoms with Crippen molar-refractivity contribution in [2.24, 2.45) is 7.05 Å². The largest absolute Gasteiger partial charge is 0.357 e. The van der Waals surface area contributed by atoms with Crippen molar-refractivity contribution in [1.29, 1.82) is 0 Å². The Morgan fingerprint density at radius 2 is 1.77 bits per heavy atom. The number of carbonyl (C=O) groups is 1. The molecular formula is C23H27N5O2. The van der Waals surface area contributed by atoms with Gasteiger partial charge in [0.25, 0.3) is 5.56 Å². The lowest BCUT2D eigenvalue weighted by atomic mass is 10.1. The van der Waals surface area contributed by atoms with Crippen LogP contribution in [0.3, 0.4) is 0 Å². The number of aromatic nitrogens is 3. The van der Waals surface area contributed by atoms with E-state index >= 15 is 0 Å². The minimum atomic E-state index is -0.162. The molecule has 2 aromatic heterocycles. The highest BCUT2D eigenvalue weighted by Gasteiger charge is 2.13. The SMILES string of the molecule is Cn1nc(CC(=O)NCc2ccc(N3CCCCCC3)nc2)c2ccccc2c1=O. The Bertz CT molecular complexity index is 1080. The van der Waals surface area contributed by atoms with Gasteiger partial charge in [-0.1, -0.05) is 37.1 Å². The summed E-state index contributed by atoms with van der Waals surface area (Å²) in [6.45, 7) is 2.53. The van der Waals surface area contributed by atoms with Crippen LogP contribution < -0.4 is 15.8 Å². The first-order valence-electron chi connectivity index (χ1n) is 10.5. The third kappa shape index (κ3) is 4.50. The zero-order valence-electron chi connectivity index (χ0n) is 17.3. The van der Waals surface area contributed by atoms with Crippen molar-refractivity contribution in [3.8, 4) is 0 Å².